The first-order valence-electron chi connectivity index (χ1n) is 8.48. The van der Waals surface area contributed by atoms with Crippen molar-refractivity contribution in [3.05, 3.63) is 89.7 Å². The van der Waals surface area contributed by atoms with Gasteiger partial charge in [0.1, 0.15) is 5.69 Å². The molecule has 0 amide bonds. The van der Waals surface area contributed by atoms with Crippen LogP contribution in [-0.4, -0.2) is 20.2 Å². The van der Waals surface area contributed by atoms with Crippen LogP contribution in [0.25, 0.3) is 22.6 Å². The van der Waals surface area contributed by atoms with Gasteiger partial charge in [-0.15, -0.1) is 10.2 Å². The van der Waals surface area contributed by atoms with Crippen LogP contribution in [0.5, 0.6) is 0 Å². The largest absolute Gasteiger partial charge is 0.364 e. The van der Waals surface area contributed by atoms with Gasteiger partial charge in [0.2, 0.25) is 0 Å². The third-order valence-electron chi connectivity index (χ3n) is 4.05. The molecule has 2 heterocycles. The number of halogens is 1. The molecule has 0 radical (unpaired) electrons. The SMILES string of the molecule is Clc1ccc(-c2nnc(-c3ccncc3)nc2NCc2ccccc2)cc1. The summed E-state index contributed by atoms with van der Waals surface area (Å²) in [6.07, 6.45) is 3.42. The fourth-order valence-corrected chi connectivity index (χ4v) is 2.78. The molecule has 132 valence electrons. The van der Waals surface area contributed by atoms with Gasteiger partial charge in [-0.3, -0.25) is 4.98 Å². The summed E-state index contributed by atoms with van der Waals surface area (Å²) in [5.74, 6) is 1.22. The maximum Gasteiger partial charge on any atom is 0.183 e. The topological polar surface area (TPSA) is 63.6 Å². The Morgan fingerprint density at radius 3 is 2.26 bits per heavy atom. The summed E-state index contributed by atoms with van der Waals surface area (Å²) in [7, 11) is 0. The summed E-state index contributed by atoms with van der Waals surface area (Å²) in [5, 5.41) is 12.8. The van der Waals surface area contributed by atoms with Crippen molar-refractivity contribution in [3.8, 4) is 22.6 Å². The van der Waals surface area contributed by atoms with E-state index in [-0.39, 0.29) is 0 Å². The number of nitrogens with one attached hydrogen (secondary N) is 1. The van der Waals surface area contributed by atoms with Crippen molar-refractivity contribution in [2.45, 2.75) is 6.54 Å². The molecule has 1 N–H and O–H groups in total. The number of hydrogen-bond donors (Lipinski definition) is 1. The van der Waals surface area contributed by atoms with E-state index in [0.717, 1.165) is 16.7 Å². The average Bonchev–Trinajstić information content (AvgIpc) is 2.74. The van der Waals surface area contributed by atoms with Gasteiger partial charge >= 0.3 is 0 Å². The molecule has 2 aromatic carbocycles. The van der Waals surface area contributed by atoms with E-state index in [1.807, 2.05) is 54.6 Å². The summed E-state index contributed by atoms with van der Waals surface area (Å²) < 4.78 is 0. The molecule has 4 aromatic rings. The quantitative estimate of drug-likeness (QED) is 0.541. The van der Waals surface area contributed by atoms with Gasteiger partial charge in [0.25, 0.3) is 0 Å². The molecule has 0 aliphatic rings. The second kappa shape index (κ2) is 7.93. The lowest BCUT2D eigenvalue weighted by Crippen LogP contribution is -2.07. The van der Waals surface area contributed by atoms with E-state index in [9.17, 15) is 0 Å². The molecule has 0 bridgehead atoms. The van der Waals surface area contributed by atoms with Crippen LogP contribution in [0.3, 0.4) is 0 Å². The highest BCUT2D eigenvalue weighted by molar-refractivity contribution is 6.30. The Morgan fingerprint density at radius 2 is 1.52 bits per heavy atom. The molecule has 0 saturated carbocycles. The van der Waals surface area contributed by atoms with Crippen LogP contribution in [0.1, 0.15) is 5.56 Å². The Morgan fingerprint density at radius 1 is 0.778 bits per heavy atom. The van der Waals surface area contributed by atoms with Crippen LogP contribution < -0.4 is 5.32 Å². The molecule has 0 fully saturated rings. The molecule has 5 nitrogen and oxygen atoms in total. The van der Waals surface area contributed by atoms with Crippen LogP contribution in [0.15, 0.2) is 79.1 Å². The number of pyridine rings is 1. The minimum absolute atomic E-state index is 0.547. The Balaban J connectivity index is 1.72. The summed E-state index contributed by atoms with van der Waals surface area (Å²) in [4.78, 5) is 8.75. The molecule has 0 saturated heterocycles. The summed E-state index contributed by atoms with van der Waals surface area (Å²) in [6.45, 7) is 0.635. The fraction of sp³-hybridized carbons (Fsp3) is 0.0476. The van der Waals surface area contributed by atoms with E-state index in [0.29, 0.717) is 28.9 Å². The van der Waals surface area contributed by atoms with Gasteiger partial charge in [-0.2, -0.15) is 0 Å². The van der Waals surface area contributed by atoms with Gasteiger partial charge in [-0.05, 0) is 29.8 Å². The van der Waals surface area contributed by atoms with E-state index in [2.05, 4.69) is 32.6 Å². The first-order chi connectivity index (χ1) is 13.3. The number of anilines is 1. The zero-order valence-corrected chi connectivity index (χ0v) is 15.1. The fourth-order valence-electron chi connectivity index (χ4n) is 2.66. The standard InChI is InChI=1S/C21H16ClN5/c22-18-8-6-16(7-9-18)19-21(24-14-15-4-2-1-3-5-15)25-20(27-26-19)17-10-12-23-13-11-17/h1-13H,14H2,(H,24,25,27). The minimum Gasteiger partial charge on any atom is -0.364 e. The minimum atomic E-state index is 0.547. The smallest absolute Gasteiger partial charge is 0.183 e. The van der Waals surface area contributed by atoms with Crippen molar-refractivity contribution < 1.29 is 0 Å². The summed E-state index contributed by atoms with van der Waals surface area (Å²) in [6, 6.07) is 21.3. The van der Waals surface area contributed by atoms with Gasteiger partial charge in [0.05, 0.1) is 0 Å². The highest BCUT2D eigenvalue weighted by atomic mass is 35.5. The Kier molecular flexibility index (Phi) is 5.03. The van der Waals surface area contributed by atoms with Gasteiger partial charge in [0, 0.05) is 35.1 Å². The second-order valence-corrected chi connectivity index (χ2v) is 6.35. The lowest BCUT2D eigenvalue weighted by atomic mass is 10.1. The first kappa shape index (κ1) is 17.1. The number of hydrogen-bond acceptors (Lipinski definition) is 5. The number of benzene rings is 2. The van der Waals surface area contributed by atoms with E-state index >= 15 is 0 Å². The highest BCUT2D eigenvalue weighted by Crippen LogP contribution is 2.27. The van der Waals surface area contributed by atoms with E-state index in [1.54, 1.807) is 12.4 Å². The molecule has 0 unspecified atom stereocenters. The lowest BCUT2D eigenvalue weighted by molar-refractivity contribution is 0.973. The Labute approximate surface area is 162 Å². The zero-order chi connectivity index (χ0) is 18.5. The van der Waals surface area contributed by atoms with Gasteiger partial charge in [-0.1, -0.05) is 54.1 Å². The first-order valence-corrected chi connectivity index (χ1v) is 8.86. The number of aromatic nitrogens is 4. The second-order valence-electron chi connectivity index (χ2n) is 5.91. The van der Waals surface area contributed by atoms with E-state index < -0.39 is 0 Å². The number of rotatable bonds is 5. The Hall–Kier alpha value is -3.31. The molecule has 0 aliphatic heterocycles. The predicted molar refractivity (Wildman–Crippen MR) is 107 cm³/mol. The molecular weight excluding hydrogens is 358 g/mol. The van der Waals surface area contributed by atoms with Crippen molar-refractivity contribution in [2.24, 2.45) is 0 Å². The molecule has 0 aliphatic carbocycles. The Bertz CT molecular complexity index is 1020. The van der Waals surface area contributed by atoms with Gasteiger partial charge < -0.3 is 5.32 Å². The molecule has 6 heteroatoms. The molecule has 0 atom stereocenters. The number of nitrogens with zero attached hydrogens (tertiary/aromatic N) is 4. The van der Waals surface area contributed by atoms with Crippen molar-refractivity contribution in [2.75, 3.05) is 5.32 Å². The normalized spacial score (nSPS) is 10.6. The van der Waals surface area contributed by atoms with Crippen LogP contribution in [0, 0.1) is 0 Å². The molecular formula is C21H16ClN5. The zero-order valence-electron chi connectivity index (χ0n) is 14.4. The average molecular weight is 374 g/mol. The van der Waals surface area contributed by atoms with Crippen molar-refractivity contribution in [1.82, 2.24) is 20.2 Å². The van der Waals surface area contributed by atoms with Crippen molar-refractivity contribution >= 4 is 17.4 Å². The maximum atomic E-state index is 6.01. The van der Waals surface area contributed by atoms with Crippen molar-refractivity contribution in [3.63, 3.8) is 0 Å². The van der Waals surface area contributed by atoms with E-state index in [1.165, 1.54) is 0 Å². The highest BCUT2D eigenvalue weighted by Gasteiger charge is 2.13. The predicted octanol–water partition coefficient (Wildman–Crippen LogP) is 4.87. The lowest BCUT2D eigenvalue weighted by Gasteiger charge is -2.12. The van der Waals surface area contributed by atoms with Crippen molar-refractivity contribution in [1.29, 1.82) is 0 Å². The van der Waals surface area contributed by atoms with Gasteiger partial charge in [-0.25, -0.2) is 4.98 Å². The van der Waals surface area contributed by atoms with E-state index in [4.69, 9.17) is 16.6 Å². The van der Waals surface area contributed by atoms with Gasteiger partial charge in [0.15, 0.2) is 11.6 Å². The molecule has 0 spiro atoms. The monoisotopic (exact) mass is 373 g/mol. The maximum absolute atomic E-state index is 6.01. The summed E-state index contributed by atoms with van der Waals surface area (Å²) >= 11 is 6.01. The van der Waals surface area contributed by atoms with Crippen LogP contribution in [0.2, 0.25) is 5.02 Å². The molecule has 2 aromatic heterocycles. The third-order valence-corrected chi connectivity index (χ3v) is 4.30. The molecule has 27 heavy (non-hydrogen) atoms. The summed E-state index contributed by atoms with van der Waals surface area (Å²) in [5.41, 5.74) is 3.60. The van der Waals surface area contributed by atoms with Crippen LogP contribution in [0.4, 0.5) is 5.82 Å². The van der Waals surface area contributed by atoms with Crippen LogP contribution >= 0.6 is 11.6 Å². The molecule has 4 rings (SSSR count). The third kappa shape index (κ3) is 4.10. The van der Waals surface area contributed by atoms with Crippen LogP contribution in [-0.2, 0) is 6.54 Å².